The zero-order valence-corrected chi connectivity index (χ0v) is 9.01. The fourth-order valence-corrected chi connectivity index (χ4v) is 0. The molecular formula is H3CaClMgO3Si+4. The summed E-state index contributed by atoms with van der Waals surface area (Å²) in [5, 5.41) is 0. The van der Waals surface area contributed by atoms with Crippen molar-refractivity contribution in [3.63, 3.8) is 0 Å². The largest absolute Gasteiger partial charge is 2.00 e. The van der Waals surface area contributed by atoms with Gasteiger partial charge in [-0.2, -0.15) is 0 Å². The molecule has 0 aromatic rings. The molecule has 32 valence electrons. The number of hydrogen-bond acceptors (Lipinski definition) is 3. The molecule has 0 aliphatic carbocycles. The van der Waals surface area contributed by atoms with Gasteiger partial charge in [0.15, 0.2) is 0 Å². The second-order valence-electron chi connectivity index (χ2n) is 0.554. The SMILES string of the molecule is O[Si](O)(O)Cl.[Ca+2].[Mg+2]. The van der Waals surface area contributed by atoms with Crippen LogP contribution in [0.1, 0.15) is 0 Å². The van der Waals surface area contributed by atoms with Crippen molar-refractivity contribution in [2.45, 2.75) is 0 Å². The van der Waals surface area contributed by atoms with Gasteiger partial charge in [0.1, 0.15) is 0 Å². The van der Waals surface area contributed by atoms with Crippen molar-refractivity contribution >= 4 is 80.0 Å². The second kappa shape index (κ2) is 6.53. The van der Waals surface area contributed by atoms with Crippen LogP contribution in [0.25, 0.3) is 0 Å². The van der Waals surface area contributed by atoms with Gasteiger partial charge in [-0.05, 0) is 0 Å². The molecule has 0 aromatic heterocycles. The van der Waals surface area contributed by atoms with Gasteiger partial charge in [-0.25, -0.2) is 0 Å². The first-order chi connectivity index (χ1) is 2.00. The van der Waals surface area contributed by atoms with Crippen molar-refractivity contribution in [1.29, 1.82) is 0 Å². The zero-order valence-electron chi connectivity index (χ0n) is 3.63. The van der Waals surface area contributed by atoms with E-state index >= 15 is 0 Å². The Labute approximate surface area is 92.9 Å². The van der Waals surface area contributed by atoms with Gasteiger partial charge >= 0.3 is 68.9 Å². The standard InChI is InChI=1S/Ca.ClH3O3Si.Mg/c;1-5(2,3)4;/h;2-4H;/q+2;;+2. The summed E-state index contributed by atoms with van der Waals surface area (Å²) in [4.78, 5) is 22.6. The molecule has 3 N–H and O–H groups in total. The van der Waals surface area contributed by atoms with Crippen LogP contribution in [0, 0.1) is 0 Å². The topological polar surface area (TPSA) is 60.7 Å². The first kappa shape index (κ1) is 16.2. The van der Waals surface area contributed by atoms with Crippen molar-refractivity contribution in [1.82, 2.24) is 0 Å². The maximum absolute atomic E-state index is 7.54. The van der Waals surface area contributed by atoms with Crippen LogP contribution >= 0.6 is 11.1 Å². The van der Waals surface area contributed by atoms with Crippen molar-refractivity contribution in [3.8, 4) is 0 Å². The minimum Gasteiger partial charge on any atom is -0.378 e. The predicted molar refractivity (Wildman–Crippen MR) is 29.8 cm³/mol. The summed E-state index contributed by atoms with van der Waals surface area (Å²) in [5.74, 6) is 0. The summed E-state index contributed by atoms with van der Waals surface area (Å²) in [6.45, 7) is 0. The van der Waals surface area contributed by atoms with E-state index in [1.54, 1.807) is 0 Å². The van der Waals surface area contributed by atoms with Crippen LogP contribution in [0.4, 0.5) is 0 Å². The van der Waals surface area contributed by atoms with Gasteiger partial charge in [0.25, 0.3) is 0 Å². The Balaban J connectivity index is -0.0000000800. The Morgan fingerprint density at radius 1 is 1.14 bits per heavy atom. The fourth-order valence-electron chi connectivity index (χ4n) is 0. The maximum atomic E-state index is 7.54. The van der Waals surface area contributed by atoms with Gasteiger partial charge < -0.3 is 14.4 Å². The Morgan fingerprint density at radius 2 is 1.14 bits per heavy atom. The molecular weight excluding hydrogens is 176 g/mol. The van der Waals surface area contributed by atoms with E-state index in [4.69, 9.17) is 14.4 Å². The minimum absolute atomic E-state index is 0. The molecule has 0 fully saturated rings. The summed E-state index contributed by atoms with van der Waals surface area (Å²) in [6.07, 6.45) is 0. The van der Waals surface area contributed by atoms with Crippen LogP contribution in [-0.4, -0.2) is 83.3 Å². The van der Waals surface area contributed by atoms with Crippen molar-refractivity contribution in [2.24, 2.45) is 0 Å². The molecule has 0 aliphatic heterocycles. The predicted octanol–water partition coefficient (Wildman–Crippen LogP) is -2.12. The zero-order chi connectivity index (χ0) is 4.50. The van der Waals surface area contributed by atoms with E-state index < -0.39 is 8.11 Å². The average molecular weight is 179 g/mol. The molecule has 0 spiro atoms. The second-order valence-corrected chi connectivity index (χ2v) is 3.18. The Hall–Kier alpha value is 2.41. The Morgan fingerprint density at radius 3 is 1.14 bits per heavy atom. The normalized spacial score (nSPS) is 8.57. The van der Waals surface area contributed by atoms with Crippen LogP contribution in [0.5, 0.6) is 0 Å². The quantitative estimate of drug-likeness (QED) is 0.294. The fraction of sp³-hybridized carbons (Fsp3) is 0. The molecule has 0 amide bonds. The molecule has 0 atom stereocenters. The third kappa shape index (κ3) is 59.4. The molecule has 0 aromatic carbocycles. The average Bonchev–Trinajstić information content (AvgIpc) is 0.722. The van der Waals surface area contributed by atoms with E-state index in [9.17, 15) is 0 Å². The molecule has 0 rings (SSSR count). The molecule has 0 aliphatic rings. The first-order valence-electron chi connectivity index (χ1n) is 0.860. The van der Waals surface area contributed by atoms with Gasteiger partial charge in [-0.15, -0.1) is 0 Å². The molecule has 7 heteroatoms. The van der Waals surface area contributed by atoms with Gasteiger partial charge in [-0.1, -0.05) is 11.1 Å². The van der Waals surface area contributed by atoms with Crippen LogP contribution in [0.15, 0.2) is 0 Å². The molecule has 0 unspecified atom stereocenters. The molecule has 0 saturated heterocycles. The summed E-state index contributed by atoms with van der Waals surface area (Å²) in [6, 6.07) is 0. The molecule has 3 nitrogen and oxygen atoms in total. The monoisotopic (exact) mass is 178 g/mol. The third-order valence-corrected chi connectivity index (χ3v) is 0. The minimum atomic E-state index is -4.14. The van der Waals surface area contributed by atoms with E-state index in [0.29, 0.717) is 0 Å². The number of halogens is 1. The number of hydrogen-bond donors (Lipinski definition) is 3. The first-order valence-corrected chi connectivity index (χ1v) is 3.71. The van der Waals surface area contributed by atoms with E-state index in [-0.39, 0.29) is 60.8 Å². The summed E-state index contributed by atoms with van der Waals surface area (Å²) in [5.41, 5.74) is 0. The van der Waals surface area contributed by atoms with Gasteiger partial charge in [-0.3, -0.25) is 0 Å². The summed E-state index contributed by atoms with van der Waals surface area (Å²) >= 11 is 4.34. The van der Waals surface area contributed by atoms with Crippen LogP contribution in [0.3, 0.4) is 0 Å². The Bertz CT molecular complexity index is 30.4. The van der Waals surface area contributed by atoms with E-state index in [1.165, 1.54) is 0 Å². The smallest absolute Gasteiger partial charge is 0.378 e. The van der Waals surface area contributed by atoms with Crippen molar-refractivity contribution < 1.29 is 14.4 Å². The Kier molecular flexibility index (Phi) is 15.1. The van der Waals surface area contributed by atoms with Crippen LogP contribution in [0.2, 0.25) is 0 Å². The van der Waals surface area contributed by atoms with E-state index in [0.717, 1.165) is 0 Å². The molecule has 0 bridgehead atoms. The van der Waals surface area contributed by atoms with Crippen molar-refractivity contribution in [3.05, 3.63) is 0 Å². The van der Waals surface area contributed by atoms with Crippen LogP contribution in [-0.2, 0) is 0 Å². The molecule has 7 heavy (non-hydrogen) atoms. The molecule has 0 radical (unpaired) electrons. The molecule has 0 saturated carbocycles. The summed E-state index contributed by atoms with van der Waals surface area (Å²) < 4.78 is 0. The van der Waals surface area contributed by atoms with E-state index in [1.807, 2.05) is 0 Å². The third-order valence-electron chi connectivity index (χ3n) is 0. The van der Waals surface area contributed by atoms with E-state index in [2.05, 4.69) is 11.1 Å². The summed E-state index contributed by atoms with van der Waals surface area (Å²) in [7, 11) is -4.14. The van der Waals surface area contributed by atoms with Crippen LogP contribution < -0.4 is 0 Å². The number of rotatable bonds is 0. The maximum Gasteiger partial charge on any atom is 2.00 e. The van der Waals surface area contributed by atoms with Gasteiger partial charge in [0, 0.05) is 0 Å². The van der Waals surface area contributed by atoms with Gasteiger partial charge in [0.05, 0.1) is 0 Å². The molecule has 0 heterocycles. The van der Waals surface area contributed by atoms with Crippen molar-refractivity contribution in [2.75, 3.05) is 0 Å². The van der Waals surface area contributed by atoms with Gasteiger partial charge in [0.2, 0.25) is 0 Å².